The molecule has 4 nitrogen and oxygen atoms in total. The van der Waals surface area contributed by atoms with E-state index in [9.17, 15) is 4.79 Å². The fraction of sp³-hybridized carbons (Fsp3) is 0.278. The third kappa shape index (κ3) is 3.53. The number of benzene rings is 2. The zero-order valence-corrected chi connectivity index (χ0v) is 12.5. The van der Waals surface area contributed by atoms with Crippen molar-refractivity contribution >= 4 is 5.91 Å². The molecule has 4 N–H and O–H groups in total. The maximum atomic E-state index is 12.1. The van der Waals surface area contributed by atoms with E-state index < -0.39 is 0 Å². The first-order chi connectivity index (χ1) is 10.7. The van der Waals surface area contributed by atoms with Crippen molar-refractivity contribution < 1.29 is 4.79 Å². The van der Waals surface area contributed by atoms with E-state index >= 15 is 0 Å². The van der Waals surface area contributed by atoms with Crippen LogP contribution in [0, 0.1) is 0 Å². The summed E-state index contributed by atoms with van der Waals surface area (Å²) in [6.45, 7) is 1.24. The van der Waals surface area contributed by atoms with Crippen molar-refractivity contribution in [2.45, 2.75) is 25.0 Å². The summed E-state index contributed by atoms with van der Waals surface area (Å²) < 4.78 is 0. The van der Waals surface area contributed by atoms with Crippen molar-refractivity contribution in [3.8, 4) is 11.1 Å². The van der Waals surface area contributed by atoms with Crippen molar-refractivity contribution in [2.75, 3.05) is 6.54 Å². The summed E-state index contributed by atoms with van der Waals surface area (Å²) in [5.41, 5.74) is 9.25. The highest BCUT2D eigenvalue weighted by Gasteiger charge is 2.26. The van der Waals surface area contributed by atoms with E-state index in [0.29, 0.717) is 19.5 Å². The topological polar surface area (TPSA) is 67.1 Å². The van der Waals surface area contributed by atoms with Crippen LogP contribution in [-0.2, 0) is 11.3 Å². The predicted octanol–water partition coefficient (Wildman–Crippen LogP) is 1.66. The highest BCUT2D eigenvalue weighted by atomic mass is 16.2. The molecule has 4 heteroatoms. The fourth-order valence-corrected chi connectivity index (χ4v) is 2.77. The minimum absolute atomic E-state index is 0.0260. The van der Waals surface area contributed by atoms with Crippen molar-refractivity contribution in [3.05, 3.63) is 60.2 Å². The van der Waals surface area contributed by atoms with Crippen LogP contribution in [0.2, 0.25) is 0 Å². The van der Waals surface area contributed by atoms with E-state index in [1.165, 1.54) is 5.56 Å². The monoisotopic (exact) mass is 295 g/mol. The van der Waals surface area contributed by atoms with Gasteiger partial charge in [-0.05, 0) is 29.2 Å². The Morgan fingerprint density at radius 3 is 2.64 bits per heavy atom. The summed E-state index contributed by atoms with van der Waals surface area (Å²) in [6.07, 6.45) is 0.704. The molecule has 0 aliphatic carbocycles. The lowest BCUT2D eigenvalue weighted by Crippen LogP contribution is -2.40. The van der Waals surface area contributed by atoms with Gasteiger partial charge in [0, 0.05) is 19.1 Å². The molecule has 1 heterocycles. The number of rotatable bonds is 4. The van der Waals surface area contributed by atoms with E-state index in [0.717, 1.165) is 11.1 Å². The van der Waals surface area contributed by atoms with Crippen LogP contribution in [0.5, 0.6) is 0 Å². The van der Waals surface area contributed by atoms with E-state index in [1.807, 2.05) is 30.3 Å². The molecule has 2 aromatic rings. The van der Waals surface area contributed by atoms with Crippen LogP contribution < -0.4 is 16.4 Å². The summed E-state index contributed by atoms with van der Waals surface area (Å²) in [7, 11) is 0. The third-order valence-corrected chi connectivity index (χ3v) is 3.98. The van der Waals surface area contributed by atoms with E-state index in [1.54, 1.807) is 0 Å². The molecule has 1 aliphatic heterocycles. The molecule has 2 atom stereocenters. The third-order valence-electron chi connectivity index (χ3n) is 3.98. The Kier molecular flexibility index (Phi) is 4.51. The van der Waals surface area contributed by atoms with Crippen LogP contribution in [0.1, 0.15) is 12.0 Å². The summed E-state index contributed by atoms with van der Waals surface area (Å²) in [5, 5.41) is 6.13. The Morgan fingerprint density at radius 1 is 1.14 bits per heavy atom. The van der Waals surface area contributed by atoms with E-state index in [4.69, 9.17) is 5.73 Å². The average molecular weight is 295 g/mol. The Bertz CT molecular complexity index is 642. The molecule has 0 radical (unpaired) electrons. The van der Waals surface area contributed by atoms with Gasteiger partial charge in [-0.3, -0.25) is 4.79 Å². The summed E-state index contributed by atoms with van der Waals surface area (Å²) >= 11 is 0. The number of carbonyl (C=O) groups excluding carboxylic acids is 1. The van der Waals surface area contributed by atoms with Crippen molar-refractivity contribution in [1.82, 2.24) is 10.6 Å². The summed E-state index contributed by atoms with van der Waals surface area (Å²) in [5.74, 6) is 0.0260. The first kappa shape index (κ1) is 14.8. The molecule has 22 heavy (non-hydrogen) atoms. The largest absolute Gasteiger partial charge is 0.351 e. The molecule has 0 aromatic heterocycles. The van der Waals surface area contributed by atoms with Gasteiger partial charge in [-0.25, -0.2) is 0 Å². The standard InChI is InChI=1S/C18H21N3O/c19-16-10-17(20-12-16)18(22)21-11-13-5-4-8-15(9-13)14-6-2-1-3-7-14/h1-9,16-17,20H,10-12,19H2,(H,21,22)/t16-,17-/m0/s1. The highest BCUT2D eigenvalue weighted by molar-refractivity contribution is 5.82. The molecule has 2 aromatic carbocycles. The Labute approximate surface area is 130 Å². The lowest BCUT2D eigenvalue weighted by atomic mass is 10.0. The number of amides is 1. The van der Waals surface area contributed by atoms with Crippen molar-refractivity contribution in [3.63, 3.8) is 0 Å². The molecule has 0 unspecified atom stereocenters. The molecule has 0 spiro atoms. The van der Waals surface area contributed by atoms with Crippen LogP contribution in [0.25, 0.3) is 11.1 Å². The van der Waals surface area contributed by atoms with E-state index in [2.05, 4.69) is 34.9 Å². The van der Waals surface area contributed by atoms with Crippen LogP contribution in [-0.4, -0.2) is 24.5 Å². The summed E-state index contributed by atoms with van der Waals surface area (Å²) in [4.78, 5) is 12.1. The second kappa shape index (κ2) is 6.73. The SMILES string of the molecule is N[C@@H]1CN[C@H](C(=O)NCc2cccc(-c3ccccc3)c2)C1. The van der Waals surface area contributed by atoms with Gasteiger partial charge >= 0.3 is 0 Å². The molecule has 0 saturated carbocycles. The first-order valence-electron chi connectivity index (χ1n) is 7.63. The van der Waals surface area contributed by atoms with Crippen LogP contribution in [0.15, 0.2) is 54.6 Å². The zero-order valence-electron chi connectivity index (χ0n) is 12.5. The number of nitrogens with one attached hydrogen (secondary N) is 2. The smallest absolute Gasteiger partial charge is 0.237 e. The second-order valence-corrected chi connectivity index (χ2v) is 5.74. The molecule has 1 fully saturated rings. The Balaban J connectivity index is 1.62. The Hall–Kier alpha value is -2.17. The van der Waals surface area contributed by atoms with Crippen LogP contribution in [0.3, 0.4) is 0 Å². The summed E-state index contributed by atoms with van der Waals surface area (Å²) in [6, 6.07) is 18.4. The zero-order chi connectivity index (χ0) is 15.4. The Morgan fingerprint density at radius 2 is 1.91 bits per heavy atom. The molecule has 114 valence electrons. The lowest BCUT2D eigenvalue weighted by molar-refractivity contribution is -0.122. The van der Waals surface area contributed by atoms with Crippen LogP contribution >= 0.6 is 0 Å². The normalized spacial score (nSPS) is 20.8. The minimum atomic E-state index is -0.160. The molecule has 3 rings (SSSR count). The minimum Gasteiger partial charge on any atom is -0.351 e. The lowest BCUT2D eigenvalue weighted by Gasteiger charge is -2.12. The van der Waals surface area contributed by atoms with Gasteiger partial charge in [-0.15, -0.1) is 0 Å². The predicted molar refractivity (Wildman–Crippen MR) is 88.1 cm³/mol. The maximum Gasteiger partial charge on any atom is 0.237 e. The number of hydrogen-bond acceptors (Lipinski definition) is 3. The average Bonchev–Trinajstić information content (AvgIpc) is 3.00. The van der Waals surface area contributed by atoms with Gasteiger partial charge in [-0.1, -0.05) is 48.5 Å². The number of hydrogen-bond donors (Lipinski definition) is 3. The molecule has 1 saturated heterocycles. The van der Waals surface area contributed by atoms with Crippen LogP contribution in [0.4, 0.5) is 0 Å². The highest BCUT2D eigenvalue weighted by Crippen LogP contribution is 2.19. The second-order valence-electron chi connectivity index (χ2n) is 5.74. The maximum absolute atomic E-state index is 12.1. The van der Waals surface area contributed by atoms with Gasteiger partial charge < -0.3 is 16.4 Å². The first-order valence-corrected chi connectivity index (χ1v) is 7.63. The van der Waals surface area contributed by atoms with E-state index in [-0.39, 0.29) is 18.0 Å². The molecular weight excluding hydrogens is 274 g/mol. The van der Waals surface area contributed by atoms with Gasteiger partial charge in [0.15, 0.2) is 0 Å². The van der Waals surface area contributed by atoms with Gasteiger partial charge in [0.25, 0.3) is 0 Å². The van der Waals surface area contributed by atoms with Crippen molar-refractivity contribution in [1.29, 1.82) is 0 Å². The quantitative estimate of drug-likeness (QED) is 0.803. The van der Waals surface area contributed by atoms with Gasteiger partial charge in [0.1, 0.15) is 0 Å². The molecule has 1 amide bonds. The fourth-order valence-electron chi connectivity index (χ4n) is 2.77. The molecule has 1 aliphatic rings. The number of nitrogens with two attached hydrogens (primary N) is 1. The van der Waals surface area contributed by atoms with Gasteiger partial charge in [0.2, 0.25) is 5.91 Å². The molecule has 0 bridgehead atoms. The van der Waals surface area contributed by atoms with Gasteiger partial charge in [0.05, 0.1) is 6.04 Å². The van der Waals surface area contributed by atoms with Gasteiger partial charge in [-0.2, -0.15) is 0 Å². The molecular formula is C18H21N3O. The van der Waals surface area contributed by atoms with Crippen molar-refractivity contribution in [2.24, 2.45) is 5.73 Å². The number of carbonyl (C=O) groups is 1.